The van der Waals surface area contributed by atoms with Gasteiger partial charge in [0.2, 0.25) is 5.91 Å². The van der Waals surface area contributed by atoms with E-state index in [4.69, 9.17) is 5.73 Å². The monoisotopic (exact) mass is 258 g/mol. The first kappa shape index (κ1) is 13.3. The van der Waals surface area contributed by atoms with E-state index in [0.29, 0.717) is 5.56 Å². The van der Waals surface area contributed by atoms with Gasteiger partial charge in [0.15, 0.2) is 0 Å². The van der Waals surface area contributed by atoms with Crippen molar-refractivity contribution < 1.29 is 4.79 Å². The zero-order chi connectivity index (χ0) is 14.0. The average molecular weight is 258 g/mol. The quantitative estimate of drug-likeness (QED) is 0.879. The number of aromatic nitrogens is 2. The van der Waals surface area contributed by atoms with Crippen LogP contribution in [0.15, 0.2) is 30.6 Å². The van der Waals surface area contributed by atoms with Crippen molar-refractivity contribution in [3.05, 3.63) is 47.3 Å². The summed E-state index contributed by atoms with van der Waals surface area (Å²) in [5, 5.41) is 6.87. The van der Waals surface area contributed by atoms with E-state index in [1.54, 1.807) is 24.1 Å². The lowest BCUT2D eigenvalue weighted by Gasteiger charge is -2.13. The van der Waals surface area contributed by atoms with Gasteiger partial charge in [0.25, 0.3) is 0 Å². The van der Waals surface area contributed by atoms with Gasteiger partial charge in [0.05, 0.1) is 6.20 Å². The molecule has 1 amide bonds. The Hall–Kier alpha value is -2.14. The first-order valence-corrected chi connectivity index (χ1v) is 6.10. The number of amides is 1. The number of nitrogens with zero attached hydrogens (tertiary/aromatic N) is 2. The van der Waals surface area contributed by atoms with Crippen LogP contribution >= 0.6 is 0 Å². The van der Waals surface area contributed by atoms with E-state index in [1.807, 2.05) is 32.0 Å². The summed E-state index contributed by atoms with van der Waals surface area (Å²) < 4.78 is 1.63. The maximum absolute atomic E-state index is 12.1. The van der Waals surface area contributed by atoms with Gasteiger partial charge < -0.3 is 11.1 Å². The maximum atomic E-state index is 12.1. The van der Waals surface area contributed by atoms with E-state index < -0.39 is 6.04 Å². The topological polar surface area (TPSA) is 72.9 Å². The predicted molar refractivity (Wildman–Crippen MR) is 74.7 cm³/mol. The van der Waals surface area contributed by atoms with Gasteiger partial charge in [-0.25, -0.2) is 0 Å². The van der Waals surface area contributed by atoms with Crippen molar-refractivity contribution in [3.8, 4) is 0 Å². The van der Waals surface area contributed by atoms with E-state index in [1.165, 1.54) is 0 Å². The highest BCUT2D eigenvalue weighted by Gasteiger charge is 2.18. The smallest absolute Gasteiger partial charge is 0.246 e. The van der Waals surface area contributed by atoms with Gasteiger partial charge in [-0.3, -0.25) is 9.48 Å². The Kier molecular flexibility index (Phi) is 3.66. The second-order valence-electron chi connectivity index (χ2n) is 4.66. The Balaban J connectivity index is 2.15. The van der Waals surface area contributed by atoms with Crippen LogP contribution in [0.3, 0.4) is 0 Å². The van der Waals surface area contributed by atoms with Crippen molar-refractivity contribution in [1.29, 1.82) is 0 Å². The Morgan fingerprint density at radius 1 is 1.42 bits per heavy atom. The molecule has 1 heterocycles. The van der Waals surface area contributed by atoms with Gasteiger partial charge in [-0.2, -0.15) is 5.10 Å². The summed E-state index contributed by atoms with van der Waals surface area (Å²) in [6.07, 6.45) is 3.35. The van der Waals surface area contributed by atoms with Crippen LogP contribution in [0, 0.1) is 13.8 Å². The van der Waals surface area contributed by atoms with Gasteiger partial charge >= 0.3 is 0 Å². The third-order valence-corrected chi connectivity index (χ3v) is 3.23. The Bertz CT molecular complexity index is 603. The molecule has 3 N–H and O–H groups in total. The van der Waals surface area contributed by atoms with E-state index in [9.17, 15) is 4.79 Å². The molecule has 5 nitrogen and oxygen atoms in total. The molecule has 0 radical (unpaired) electrons. The molecule has 2 rings (SSSR count). The number of benzene rings is 1. The van der Waals surface area contributed by atoms with Gasteiger partial charge in [-0.1, -0.05) is 12.1 Å². The number of anilines is 1. The Labute approximate surface area is 112 Å². The lowest BCUT2D eigenvalue weighted by atomic mass is 10.1. The van der Waals surface area contributed by atoms with Crippen LogP contribution in [0.1, 0.15) is 22.7 Å². The standard InChI is InChI=1S/C14H18N4O/c1-9-5-4-6-12(10(9)2)17-14(19)13(15)11-7-16-18(3)8-11/h4-8,13H,15H2,1-3H3,(H,17,19). The lowest BCUT2D eigenvalue weighted by Crippen LogP contribution is -2.27. The highest BCUT2D eigenvalue weighted by Crippen LogP contribution is 2.19. The largest absolute Gasteiger partial charge is 0.324 e. The molecule has 0 bridgehead atoms. The zero-order valence-corrected chi connectivity index (χ0v) is 11.3. The number of aryl methyl sites for hydroxylation is 2. The molecule has 100 valence electrons. The third kappa shape index (κ3) is 2.82. The molecule has 0 spiro atoms. The van der Waals surface area contributed by atoms with Crippen LogP contribution in [-0.4, -0.2) is 15.7 Å². The van der Waals surface area contributed by atoms with Crippen molar-refractivity contribution in [1.82, 2.24) is 9.78 Å². The summed E-state index contributed by atoms with van der Waals surface area (Å²) in [4.78, 5) is 12.1. The molecule has 1 atom stereocenters. The molecular weight excluding hydrogens is 240 g/mol. The first-order chi connectivity index (χ1) is 8.99. The van der Waals surface area contributed by atoms with Crippen molar-refractivity contribution in [3.63, 3.8) is 0 Å². The number of carbonyl (C=O) groups is 1. The molecular formula is C14H18N4O. The van der Waals surface area contributed by atoms with Gasteiger partial charge in [-0.05, 0) is 31.0 Å². The summed E-state index contributed by atoms with van der Waals surface area (Å²) in [7, 11) is 1.79. The van der Waals surface area contributed by atoms with Crippen LogP contribution in [-0.2, 0) is 11.8 Å². The number of hydrogen-bond donors (Lipinski definition) is 2. The zero-order valence-electron chi connectivity index (χ0n) is 11.3. The van der Waals surface area contributed by atoms with E-state index in [2.05, 4.69) is 10.4 Å². The van der Waals surface area contributed by atoms with Crippen LogP contribution < -0.4 is 11.1 Å². The highest BCUT2D eigenvalue weighted by atomic mass is 16.2. The summed E-state index contributed by atoms with van der Waals surface area (Å²) in [6.45, 7) is 3.98. The van der Waals surface area contributed by atoms with E-state index >= 15 is 0 Å². The predicted octanol–water partition coefficient (Wildman–Crippen LogP) is 1.68. The van der Waals surface area contributed by atoms with Crippen LogP contribution in [0.2, 0.25) is 0 Å². The van der Waals surface area contributed by atoms with Crippen LogP contribution in [0.25, 0.3) is 0 Å². The van der Waals surface area contributed by atoms with Crippen molar-refractivity contribution >= 4 is 11.6 Å². The molecule has 1 unspecified atom stereocenters. The second-order valence-corrected chi connectivity index (χ2v) is 4.66. The number of nitrogens with two attached hydrogens (primary N) is 1. The summed E-state index contributed by atoms with van der Waals surface area (Å²) in [5.41, 5.74) is 9.60. The molecule has 0 saturated carbocycles. The van der Waals surface area contributed by atoms with Gasteiger partial charge in [0, 0.05) is 24.5 Å². The minimum Gasteiger partial charge on any atom is -0.324 e. The molecule has 1 aromatic heterocycles. The number of rotatable bonds is 3. The van der Waals surface area contributed by atoms with Crippen LogP contribution in [0.4, 0.5) is 5.69 Å². The first-order valence-electron chi connectivity index (χ1n) is 6.10. The fourth-order valence-electron chi connectivity index (χ4n) is 1.85. The fraction of sp³-hybridized carbons (Fsp3) is 0.286. The third-order valence-electron chi connectivity index (χ3n) is 3.23. The molecule has 0 aliphatic carbocycles. The summed E-state index contributed by atoms with van der Waals surface area (Å²) in [6, 6.07) is 5.07. The van der Waals surface area contributed by atoms with Crippen LogP contribution in [0.5, 0.6) is 0 Å². The Morgan fingerprint density at radius 3 is 2.79 bits per heavy atom. The minimum atomic E-state index is -0.714. The molecule has 19 heavy (non-hydrogen) atoms. The van der Waals surface area contributed by atoms with E-state index in [0.717, 1.165) is 16.8 Å². The number of nitrogens with one attached hydrogen (secondary N) is 1. The normalized spacial score (nSPS) is 12.2. The van der Waals surface area contributed by atoms with E-state index in [-0.39, 0.29) is 5.91 Å². The Morgan fingerprint density at radius 2 is 2.16 bits per heavy atom. The average Bonchev–Trinajstić information content (AvgIpc) is 2.80. The van der Waals surface area contributed by atoms with Gasteiger partial charge in [0.1, 0.15) is 6.04 Å². The molecule has 5 heteroatoms. The highest BCUT2D eigenvalue weighted by molar-refractivity contribution is 5.96. The second kappa shape index (κ2) is 5.24. The molecule has 1 aromatic carbocycles. The molecule has 2 aromatic rings. The lowest BCUT2D eigenvalue weighted by molar-refractivity contribution is -0.117. The summed E-state index contributed by atoms with van der Waals surface area (Å²) in [5.74, 6) is -0.235. The molecule has 0 fully saturated rings. The van der Waals surface area contributed by atoms with Crippen molar-refractivity contribution in [2.75, 3.05) is 5.32 Å². The molecule has 0 aliphatic rings. The van der Waals surface area contributed by atoms with Crippen molar-refractivity contribution in [2.45, 2.75) is 19.9 Å². The summed E-state index contributed by atoms with van der Waals surface area (Å²) >= 11 is 0. The van der Waals surface area contributed by atoms with Gasteiger partial charge in [-0.15, -0.1) is 0 Å². The molecule has 0 aliphatic heterocycles. The SMILES string of the molecule is Cc1cccc(NC(=O)C(N)c2cnn(C)c2)c1C. The number of carbonyl (C=O) groups excluding carboxylic acids is 1. The minimum absolute atomic E-state index is 0.235. The number of hydrogen-bond acceptors (Lipinski definition) is 3. The van der Waals surface area contributed by atoms with Crippen molar-refractivity contribution in [2.24, 2.45) is 12.8 Å². The molecule has 0 saturated heterocycles. The maximum Gasteiger partial charge on any atom is 0.246 e. The fourth-order valence-corrected chi connectivity index (χ4v) is 1.85.